The smallest absolute Gasteiger partial charge is 0.412 e. The predicted molar refractivity (Wildman–Crippen MR) is 103 cm³/mol. The molecule has 0 saturated heterocycles. The largest absolute Gasteiger partial charge is 0.497 e. The summed E-state index contributed by atoms with van der Waals surface area (Å²) in [6, 6.07) is 14.1. The van der Waals surface area contributed by atoms with Crippen LogP contribution >= 0.6 is 0 Å². The molecule has 0 radical (unpaired) electrons. The van der Waals surface area contributed by atoms with Crippen molar-refractivity contribution < 1.29 is 14.0 Å². The van der Waals surface area contributed by atoms with E-state index in [1.807, 2.05) is 0 Å². The molecule has 4 aromatic rings. The highest BCUT2D eigenvalue weighted by Crippen LogP contribution is 2.15. The summed E-state index contributed by atoms with van der Waals surface area (Å²) in [6.07, 6.45) is 1.71. The van der Waals surface area contributed by atoms with Crippen molar-refractivity contribution in [2.24, 2.45) is 0 Å². The summed E-state index contributed by atoms with van der Waals surface area (Å²) in [5.41, 5.74) is 1.12. The van der Waals surface area contributed by atoms with Gasteiger partial charge in [-0.1, -0.05) is 9.90 Å². The number of methoxy groups -OCH3 is 2. The summed E-state index contributed by atoms with van der Waals surface area (Å²) in [4.78, 5) is 26.1. The van der Waals surface area contributed by atoms with Crippen molar-refractivity contribution in [2.45, 2.75) is 6.92 Å². The summed E-state index contributed by atoms with van der Waals surface area (Å²) in [5.74, 6) is 1.37. The third-order valence-corrected chi connectivity index (χ3v) is 4.59. The van der Waals surface area contributed by atoms with E-state index in [4.69, 9.17) is 9.47 Å². The highest BCUT2D eigenvalue weighted by atomic mass is 16.5. The average Bonchev–Trinajstić information content (AvgIpc) is 3.04. The maximum Gasteiger partial charge on any atom is 0.412 e. The molecule has 2 aromatic heterocycles. The zero-order valence-corrected chi connectivity index (χ0v) is 15.7. The molecule has 2 aromatic carbocycles. The van der Waals surface area contributed by atoms with Gasteiger partial charge in [-0.3, -0.25) is 9.36 Å². The van der Waals surface area contributed by atoms with Crippen molar-refractivity contribution in [1.29, 1.82) is 0 Å². The summed E-state index contributed by atoms with van der Waals surface area (Å²) < 4.78 is 14.6. The molecule has 0 unspecified atom stereocenters. The molecule has 0 saturated carbocycles. The molecule has 0 amide bonds. The number of hydrogen-bond donors (Lipinski definition) is 1. The Morgan fingerprint density at radius 1 is 0.821 bits per heavy atom. The maximum atomic E-state index is 13.1. The molecule has 0 atom stereocenters. The van der Waals surface area contributed by atoms with Crippen LogP contribution in [0.1, 0.15) is 5.69 Å². The first-order valence-electron chi connectivity index (χ1n) is 8.61. The lowest BCUT2D eigenvalue weighted by Crippen LogP contribution is -2.37. The van der Waals surface area contributed by atoms with Crippen LogP contribution in [-0.4, -0.2) is 28.7 Å². The van der Waals surface area contributed by atoms with Gasteiger partial charge in [0.15, 0.2) is 5.69 Å². The quantitative estimate of drug-likeness (QED) is 0.543. The minimum absolute atomic E-state index is 0.0252. The topological polar surface area (TPSA) is 82.3 Å². The average molecular weight is 379 g/mol. The van der Waals surface area contributed by atoms with Gasteiger partial charge >= 0.3 is 16.6 Å². The van der Waals surface area contributed by atoms with Gasteiger partial charge < -0.3 is 9.47 Å². The van der Waals surface area contributed by atoms with Crippen LogP contribution in [0.25, 0.3) is 16.9 Å². The maximum absolute atomic E-state index is 13.1. The van der Waals surface area contributed by atoms with E-state index in [0.29, 0.717) is 28.6 Å². The molecular formula is C20H19N4O4+. The van der Waals surface area contributed by atoms with Crippen LogP contribution in [-0.2, 0) is 0 Å². The van der Waals surface area contributed by atoms with Crippen molar-refractivity contribution in [1.82, 2.24) is 14.5 Å². The second kappa shape index (κ2) is 6.73. The molecule has 2 heterocycles. The number of hydrogen-bond acceptors (Lipinski definition) is 4. The predicted octanol–water partition coefficient (Wildman–Crippen LogP) is 1.38. The Bertz CT molecular complexity index is 1270. The fourth-order valence-electron chi connectivity index (χ4n) is 3.17. The zero-order chi connectivity index (χ0) is 19.8. The van der Waals surface area contributed by atoms with Crippen molar-refractivity contribution in [2.75, 3.05) is 14.2 Å². The van der Waals surface area contributed by atoms with Gasteiger partial charge in [-0.05, 0) is 55.5 Å². The van der Waals surface area contributed by atoms with Gasteiger partial charge in [-0.2, -0.15) is 0 Å². The molecule has 8 heteroatoms. The number of H-pyrrole nitrogens is 1. The lowest BCUT2D eigenvalue weighted by Gasteiger charge is -2.08. The lowest BCUT2D eigenvalue weighted by atomic mass is 10.2. The number of nitrogens with zero attached hydrogens (tertiary/aromatic N) is 3. The van der Waals surface area contributed by atoms with Crippen molar-refractivity contribution in [3.63, 3.8) is 0 Å². The van der Waals surface area contributed by atoms with Crippen LogP contribution in [0.3, 0.4) is 0 Å². The second-order valence-corrected chi connectivity index (χ2v) is 6.27. The monoisotopic (exact) mass is 379 g/mol. The van der Waals surface area contributed by atoms with Crippen LogP contribution < -0.4 is 25.1 Å². The Morgan fingerprint density at radius 3 is 1.89 bits per heavy atom. The van der Waals surface area contributed by atoms with Crippen LogP contribution in [0.2, 0.25) is 0 Å². The van der Waals surface area contributed by atoms with Crippen LogP contribution in [0, 0.1) is 6.92 Å². The SMILES string of the molecule is COc1ccc(-n2[nH][n+]3cc(C)n(-c4ccc(OC)cc4)c(=O)c3c2=O)cc1. The van der Waals surface area contributed by atoms with Crippen molar-refractivity contribution in [3.05, 3.63) is 81.1 Å². The Balaban J connectivity index is 1.92. The van der Waals surface area contributed by atoms with Gasteiger partial charge in [0, 0.05) is 5.69 Å². The van der Waals surface area contributed by atoms with E-state index in [1.165, 1.54) is 13.8 Å². The third kappa shape index (κ3) is 2.75. The minimum atomic E-state index is -0.433. The van der Waals surface area contributed by atoms with E-state index in [1.54, 1.807) is 75.9 Å². The first kappa shape index (κ1) is 17.6. The fourth-order valence-corrected chi connectivity index (χ4v) is 3.17. The molecule has 4 rings (SSSR count). The number of aromatic amines is 1. The normalized spacial score (nSPS) is 11.0. The van der Waals surface area contributed by atoms with Gasteiger partial charge in [-0.15, -0.1) is 4.52 Å². The third-order valence-electron chi connectivity index (χ3n) is 4.59. The molecule has 1 N–H and O–H groups in total. The molecule has 0 aliphatic heterocycles. The number of fused-ring (bicyclic) bond motifs is 1. The number of benzene rings is 2. The van der Waals surface area contributed by atoms with E-state index >= 15 is 0 Å². The van der Waals surface area contributed by atoms with Gasteiger partial charge in [0.1, 0.15) is 17.7 Å². The standard InChI is InChI=1S/C20H18N4O4/c1-13-12-22-18(19(25)23(13)14-4-8-16(27-2)9-5-14)20(26)24(21-22)15-6-10-17(28-3)11-7-15/h4-12H,1-3H3/p+1. The summed E-state index contributed by atoms with van der Waals surface area (Å²) >= 11 is 0. The van der Waals surface area contributed by atoms with Crippen LogP contribution in [0.5, 0.6) is 11.5 Å². The highest BCUT2D eigenvalue weighted by Gasteiger charge is 2.23. The molecule has 28 heavy (non-hydrogen) atoms. The Labute approximate surface area is 159 Å². The second-order valence-electron chi connectivity index (χ2n) is 6.27. The zero-order valence-electron chi connectivity index (χ0n) is 15.7. The molecule has 0 fully saturated rings. The molecule has 0 aliphatic rings. The first-order chi connectivity index (χ1) is 13.5. The Hall–Kier alpha value is -3.81. The molecule has 0 spiro atoms. The number of aromatic nitrogens is 4. The van der Waals surface area contributed by atoms with E-state index < -0.39 is 11.1 Å². The molecule has 8 nitrogen and oxygen atoms in total. The molecule has 0 bridgehead atoms. The number of nitrogens with one attached hydrogen (secondary N) is 1. The summed E-state index contributed by atoms with van der Waals surface area (Å²) in [6.45, 7) is 1.81. The Morgan fingerprint density at radius 2 is 1.36 bits per heavy atom. The van der Waals surface area contributed by atoms with E-state index in [0.717, 1.165) is 0 Å². The first-order valence-corrected chi connectivity index (χ1v) is 8.61. The van der Waals surface area contributed by atoms with Crippen molar-refractivity contribution >= 4 is 5.52 Å². The van der Waals surface area contributed by atoms with Gasteiger partial charge in [-0.25, -0.2) is 4.79 Å². The van der Waals surface area contributed by atoms with E-state index in [9.17, 15) is 9.59 Å². The van der Waals surface area contributed by atoms with Crippen LogP contribution in [0.4, 0.5) is 0 Å². The number of rotatable bonds is 4. The van der Waals surface area contributed by atoms with Gasteiger partial charge in [0.05, 0.1) is 19.9 Å². The van der Waals surface area contributed by atoms with E-state index in [2.05, 4.69) is 5.21 Å². The molecule has 142 valence electrons. The summed E-state index contributed by atoms with van der Waals surface area (Å²) in [7, 11) is 3.15. The van der Waals surface area contributed by atoms with Crippen LogP contribution in [0.15, 0.2) is 64.3 Å². The fraction of sp³-hybridized carbons (Fsp3) is 0.150. The summed E-state index contributed by atoms with van der Waals surface area (Å²) in [5, 5.41) is 2.94. The van der Waals surface area contributed by atoms with E-state index in [-0.39, 0.29) is 5.52 Å². The Kier molecular flexibility index (Phi) is 4.23. The number of ether oxygens (including phenoxy) is 2. The molecular weight excluding hydrogens is 360 g/mol. The number of aryl methyl sites for hydroxylation is 1. The van der Waals surface area contributed by atoms with Gasteiger partial charge in [0.2, 0.25) is 0 Å². The molecule has 0 aliphatic carbocycles. The lowest BCUT2D eigenvalue weighted by molar-refractivity contribution is -0.585. The van der Waals surface area contributed by atoms with Crippen molar-refractivity contribution in [3.8, 4) is 22.9 Å². The minimum Gasteiger partial charge on any atom is -0.497 e. The highest BCUT2D eigenvalue weighted by molar-refractivity contribution is 5.44. The van der Waals surface area contributed by atoms with Gasteiger partial charge in [0.25, 0.3) is 0 Å².